The summed E-state index contributed by atoms with van der Waals surface area (Å²) in [6.45, 7) is 1.81. The number of hydrogen-bond donors (Lipinski definition) is 3. The van der Waals surface area contributed by atoms with Gasteiger partial charge in [-0.2, -0.15) is 0 Å². The van der Waals surface area contributed by atoms with Gasteiger partial charge in [-0.05, 0) is 25.1 Å². The van der Waals surface area contributed by atoms with Crippen LogP contribution in [0.5, 0.6) is 0 Å². The summed E-state index contributed by atoms with van der Waals surface area (Å²) in [5, 5.41) is 8.62. The Balaban J connectivity index is 2.59. The number of benzene rings is 1. The Hall–Kier alpha value is -1.94. The van der Waals surface area contributed by atoms with Gasteiger partial charge in [-0.15, -0.1) is 0 Å². The first kappa shape index (κ1) is 14.1. The van der Waals surface area contributed by atoms with Crippen LogP contribution in [0.1, 0.15) is 6.92 Å². The van der Waals surface area contributed by atoms with Gasteiger partial charge in [0.15, 0.2) is 0 Å². The lowest BCUT2D eigenvalue weighted by atomic mass is 10.3. The molecular formula is C13H16ClN3O. The number of urea groups is 1. The number of rotatable bonds is 4. The van der Waals surface area contributed by atoms with Crippen molar-refractivity contribution in [2.45, 2.75) is 6.92 Å². The molecule has 96 valence electrons. The van der Waals surface area contributed by atoms with Gasteiger partial charge in [0.05, 0.1) is 0 Å². The van der Waals surface area contributed by atoms with E-state index in [0.29, 0.717) is 10.9 Å². The Morgan fingerprint density at radius 2 is 1.94 bits per heavy atom. The van der Waals surface area contributed by atoms with E-state index in [9.17, 15) is 4.79 Å². The summed E-state index contributed by atoms with van der Waals surface area (Å²) in [6.07, 6.45) is 3.39. The monoisotopic (exact) mass is 265 g/mol. The average Bonchev–Trinajstić information content (AvgIpc) is 2.38. The number of carbonyl (C=O) groups is 1. The molecule has 3 N–H and O–H groups in total. The number of hydrogen-bond acceptors (Lipinski definition) is 2. The number of carbonyl (C=O) groups excluding carboxylic acids is 1. The van der Waals surface area contributed by atoms with E-state index in [1.165, 1.54) is 0 Å². The van der Waals surface area contributed by atoms with Crippen molar-refractivity contribution >= 4 is 23.3 Å². The lowest BCUT2D eigenvalue weighted by Crippen LogP contribution is -2.27. The van der Waals surface area contributed by atoms with E-state index in [1.54, 1.807) is 19.2 Å². The fraction of sp³-hybridized carbons (Fsp3) is 0.154. The molecule has 0 aliphatic carbocycles. The van der Waals surface area contributed by atoms with Crippen LogP contribution in [0.3, 0.4) is 0 Å². The molecule has 0 saturated carbocycles. The van der Waals surface area contributed by atoms with E-state index in [2.05, 4.69) is 16.0 Å². The van der Waals surface area contributed by atoms with Gasteiger partial charge in [-0.1, -0.05) is 35.9 Å². The van der Waals surface area contributed by atoms with E-state index in [0.717, 1.165) is 5.69 Å². The molecule has 0 unspecified atom stereocenters. The minimum Gasteiger partial charge on any atom is -0.379 e. The third-order valence-electron chi connectivity index (χ3n) is 2.12. The summed E-state index contributed by atoms with van der Waals surface area (Å²) in [5.41, 5.74) is 1.34. The Morgan fingerprint density at radius 1 is 1.28 bits per heavy atom. The van der Waals surface area contributed by atoms with Gasteiger partial charge in [0.2, 0.25) is 0 Å². The van der Waals surface area contributed by atoms with Crippen molar-refractivity contribution in [3.05, 3.63) is 53.3 Å². The normalized spacial score (nSPS) is 11.9. The summed E-state index contributed by atoms with van der Waals surface area (Å²) in [4.78, 5) is 11.7. The van der Waals surface area contributed by atoms with Gasteiger partial charge < -0.3 is 16.0 Å². The summed E-state index contributed by atoms with van der Waals surface area (Å²) in [6, 6.07) is 8.90. The van der Waals surface area contributed by atoms with Crippen LogP contribution in [0, 0.1) is 0 Å². The van der Waals surface area contributed by atoms with E-state index in [-0.39, 0.29) is 6.03 Å². The Labute approximate surface area is 112 Å². The minimum absolute atomic E-state index is 0.314. The van der Waals surface area contributed by atoms with E-state index in [4.69, 9.17) is 11.6 Å². The summed E-state index contributed by atoms with van der Waals surface area (Å²) in [5.74, 6) is 0. The van der Waals surface area contributed by atoms with Crippen LogP contribution in [0.2, 0.25) is 0 Å². The maximum atomic E-state index is 11.7. The van der Waals surface area contributed by atoms with Crippen molar-refractivity contribution in [3.8, 4) is 0 Å². The molecule has 0 spiro atoms. The summed E-state index contributed by atoms with van der Waals surface area (Å²) in [7, 11) is 1.70. The van der Waals surface area contributed by atoms with Gasteiger partial charge in [-0.3, -0.25) is 0 Å². The predicted molar refractivity (Wildman–Crippen MR) is 75.3 cm³/mol. The maximum Gasteiger partial charge on any atom is 0.323 e. The lowest BCUT2D eigenvalue weighted by Gasteiger charge is -2.08. The molecule has 4 nitrogen and oxygen atoms in total. The third-order valence-corrected chi connectivity index (χ3v) is 2.42. The topological polar surface area (TPSA) is 53.2 Å². The molecule has 0 fully saturated rings. The first-order chi connectivity index (χ1) is 8.65. The summed E-state index contributed by atoms with van der Waals surface area (Å²) < 4.78 is 0. The zero-order valence-corrected chi connectivity index (χ0v) is 11.1. The number of nitrogens with one attached hydrogen (secondary N) is 3. The molecule has 2 amide bonds. The number of anilines is 1. The van der Waals surface area contributed by atoms with Gasteiger partial charge in [0, 0.05) is 18.4 Å². The highest BCUT2D eigenvalue weighted by atomic mass is 35.5. The Bertz CT molecular complexity index is 455. The quantitative estimate of drug-likeness (QED) is 0.579. The zero-order chi connectivity index (χ0) is 13.4. The fourth-order valence-electron chi connectivity index (χ4n) is 1.22. The number of para-hydroxylation sites is 1. The van der Waals surface area contributed by atoms with Crippen LogP contribution in [0.15, 0.2) is 53.3 Å². The molecule has 1 rings (SSSR count). The van der Waals surface area contributed by atoms with Crippen molar-refractivity contribution in [3.63, 3.8) is 0 Å². The number of allylic oxidation sites excluding steroid dienone is 2. The van der Waals surface area contributed by atoms with Crippen molar-refractivity contribution in [1.29, 1.82) is 0 Å². The third kappa shape index (κ3) is 4.93. The summed E-state index contributed by atoms with van der Waals surface area (Å²) >= 11 is 5.82. The average molecular weight is 266 g/mol. The van der Waals surface area contributed by atoms with E-state index in [1.807, 2.05) is 37.3 Å². The zero-order valence-electron chi connectivity index (χ0n) is 10.3. The highest BCUT2D eigenvalue weighted by Gasteiger charge is 2.02. The smallest absolute Gasteiger partial charge is 0.323 e. The van der Waals surface area contributed by atoms with Crippen molar-refractivity contribution in [1.82, 2.24) is 10.6 Å². The van der Waals surface area contributed by atoms with E-state index >= 15 is 0 Å². The fourth-order valence-corrected chi connectivity index (χ4v) is 1.33. The van der Waals surface area contributed by atoms with Crippen LogP contribution in [-0.4, -0.2) is 13.1 Å². The second-order valence-corrected chi connectivity index (χ2v) is 3.84. The predicted octanol–water partition coefficient (Wildman–Crippen LogP) is 3.01. The van der Waals surface area contributed by atoms with Gasteiger partial charge >= 0.3 is 6.03 Å². The second kappa shape index (κ2) is 7.40. The van der Waals surface area contributed by atoms with Crippen molar-refractivity contribution < 1.29 is 4.79 Å². The molecule has 0 saturated heterocycles. The molecule has 0 atom stereocenters. The molecule has 18 heavy (non-hydrogen) atoms. The molecule has 0 aliphatic heterocycles. The largest absolute Gasteiger partial charge is 0.379 e. The van der Waals surface area contributed by atoms with Gasteiger partial charge in [0.25, 0.3) is 0 Å². The molecule has 1 aromatic rings. The van der Waals surface area contributed by atoms with Crippen molar-refractivity contribution in [2.24, 2.45) is 0 Å². The number of amides is 2. The Kier molecular flexibility index (Phi) is 5.80. The lowest BCUT2D eigenvalue weighted by molar-refractivity contribution is 0.254. The highest BCUT2D eigenvalue weighted by Crippen LogP contribution is 2.06. The molecular weight excluding hydrogens is 250 g/mol. The maximum absolute atomic E-state index is 11.7. The molecule has 0 radical (unpaired) electrons. The molecule has 0 aliphatic rings. The van der Waals surface area contributed by atoms with Crippen LogP contribution in [0.4, 0.5) is 10.5 Å². The molecule has 0 bridgehead atoms. The first-order valence-corrected chi connectivity index (χ1v) is 5.88. The molecule has 0 aromatic heterocycles. The molecule has 1 aromatic carbocycles. The van der Waals surface area contributed by atoms with Crippen LogP contribution < -0.4 is 16.0 Å². The molecule has 5 heteroatoms. The van der Waals surface area contributed by atoms with Gasteiger partial charge in [0.1, 0.15) is 5.16 Å². The first-order valence-electron chi connectivity index (χ1n) is 5.50. The highest BCUT2D eigenvalue weighted by molar-refractivity contribution is 6.29. The number of halogens is 1. The van der Waals surface area contributed by atoms with Crippen LogP contribution in [0.25, 0.3) is 0 Å². The minimum atomic E-state index is -0.314. The van der Waals surface area contributed by atoms with E-state index < -0.39 is 0 Å². The van der Waals surface area contributed by atoms with Crippen LogP contribution in [-0.2, 0) is 0 Å². The van der Waals surface area contributed by atoms with Crippen LogP contribution >= 0.6 is 11.6 Å². The SMILES string of the molecule is C/C=C(\C=C(\Cl)NC)NC(=O)Nc1ccccc1. The van der Waals surface area contributed by atoms with Gasteiger partial charge in [-0.25, -0.2) is 4.79 Å². The molecule has 0 heterocycles. The second-order valence-electron chi connectivity index (χ2n) is 3.43. The van der Waals surface area contributed by atoms with Crippen molar-refractivity contribution in [2.75, 3.05) is 12.4 Å². The Morgan fingerprint density at radius 3 is 2.50 bits per heavy atom. The standard InChI is InChI=1S/C13H16ClN3O/c1-3-10(9-12(14)15-2)16-13(18)17-11-7-5-4-6-8-11/h3-9,15H,1-2H3,(H2,16,17,18)/b10-3+,12-9-.